The van der Waals surface area contributed by atoms with Crippen molar-refractivity contribution in [2.75, 3.05) is 19.8 Å². The van der Waals surface area contributed by atoms with Crippen LogP contribution in [0.4, 0.5) is 4.39 Å². The lowest BCUT2D eigenvalue weighted by atomic mass is 9.79. The predicted octanol–water partition coefficient (Wildman–Crippen LogP) is 3.23. The van der Waals surface area contributed by atoms with E-state index in [1.165, 1.54) is 11.6 Å². The maximum absolute atomic E-state index is 13.6. The Balaban J connectivity index is 1.66. The number of hydrogen-bond acceptors (Lipinski definition) is 3. The van der Waals surface area contributed by atoms with Crippen LogP contribution in [0.5, 0.6) is 0 Å². The highest BCUT2D eigenvalue weighted by atomic mass is 19.1. The van der Waals surface area contributed by atoms with E-state index < -0.39 is 0 Å². The molecule has 0 amide bonds. The van der Waals surface area contributed by atoms with Crippen LogP contribution in [0.3, 0.4) is 0 Å². The molecule has 1 saturated heterocycles. The first-order valence-corrected chi connectivity index (χ1v) is 8.20. The number of halogens is 1. The number of rotatable bonds is 6. The second-order valence-electron chi connectivity index (χ2n) is 6.21. The highest BCUT2D eigenvalue weighted by Crippen LogP contribution is 2.33. The number of nitrogens with zero attached hydrogens (tertiary/aromatic N) is 1. The van der Waals surface area contributed by atoms with Gasteiger partial charge in [0.2, 0.25) is 0 Å². The lowest BCUT2D eigenvalue weighted by Crippen LogP contribution is -2.38. The Morgan fingerprint density at radius 2 is 2.22 bits per heavy atom. The minimum atomic E-state index is -0.189. The van der Waals surface area contributed by atoms with Gasteiger partial charge in [-0.2, -0.15) is 0 Å². The third-order valence-corrected chi connectivity index (χ3v) is 4.60. The van der Waals surface area contributed by atoms with E-state index in [1.807, 2.05) is 12.3 Å². The van der Waals surface area contributed by atoms with Crippen molar-refractivity contribution in [2.24, 2.45) is 0 Å². The fraction of sp³-hybridized carbons (Fsp3) is 0.421. The summed E-state index contributed by atoms with van der Waals surface area (Å²) in [6.07, 6.45) is 3.84. The molecule has 1 atom stereocenters. The first-order valence-electron chi connectivity index (χ1n) is 8.20. The SMILES string of the molecule is CCc1ccc(CNCC2(c3cccc(F)c3)CCOC2)nc1. The molecule has 0 saturated carbocycles. The van der Waals surface area contributed by atoms with Crippen LogP contribution in [0, 0.1) is 5.82 Å². The molecule has 1 unspecified atom stereocenters. The minimum Gasteiger partial charge on any atom is -0.380 e. The Kier molecular flexibility index (Phi) is 5.03. The van der Waals surface area contributed by atoms with Gasteiger partial charge in [-0.1, -0.05) is 25.1 Å². The summed E-state index contributed by atoms with van der Waals surface area (Å²) in [5.41, 5.74) is 3.13. The van der Waals surface area contributed by atoms with Crippen molar-refractivity contribution in [1.29, 1.82) is 0 Å². The summed E-state index contributed by atoms with van der Waals surface area (Å²) in [6, 6.07) is 11.1. The van der Waals surface area contributed by atoms with Gasteiger partial charge in [0.25, 0.3) is 0 Å². The van der Waals surface area contributed by atoms with Crippen LogP contribution in [-0.2, 0) is 23.1 Å². The molecule has 1 aromatic carbocycles. The van der Waals surface area contributed by atoms with E-state index in [1.54, 1.807) is 12.1 Å². The normalized spacial score (nSPS) is 20.8. The molecule has 0 spiro atoms. The number of pyridine rings is 1. The Labute approximate surface area is 136 Å². The molecule has 4 heteroatoms. The third kappa shape index (κ3) is 3.77. The van der Waals surface area contributed by atoms with Crippen LogP contribution >= 0.6 is 0 Å². The quantitative estimate of drug-likeness (QED) is 0.889. The minimum absolute atomic E-state index is 0.147. The van der Waals surface area contributed by atoms with Crippen molar-refractivity contribution in [1.82, 2.24) is 10.3 Å². The monoisotopic (exact) mass is 314 g/mol. The Morgan fingerprint density at radius 1 is 1.30 bits per heavy atom. The molecule has 1 fully saturated rings. The summed E-state index contributed by atoms with van der Waals surface area (Å²) in [6.45, 7) is 4.94. The van der Waals surface area contributed by atoms with Crippen LogP contribution in [0.1, 0.15) is 30.2 Å². The van der Waals surface area contributed by atoms with Crippen molar-refractivity contribution in [3.8, 4) is 0 Å². The Morgan fingerprint density at radius 3 is 2.87 bits per heavy atom. The van der Waals surface area contributed by atoms with Crippen molar-refractivity contribution >= 4 is 0 Å². The van der Waals surface area contributed by atoms with E-state index in [0.717, 1.165) is 37.3 Å². The molecule has 3 rings (SSSR count). The lowest BCUT2D eigenvalue weighted by molar-refractivity contribution is 0.176. The highest BCUT2D eigenvalue weighted by Gasteiger charge is 2.36. The molecule has 2 heterocycles. The Hall–Kier alpha value is -1.78. The van der Waals surface area contributed by atoms with Crippen molar-refractivity contribution in [2.45, 2.75) is 31.7 Å². The second kappa shape index (κ2) is 7.20. The average Bonchev–Trinajstić information content (AvgIpc) is 3.06. The largest absolute Gasteiger partial charge is 0.380 e. The highest BCUT2D eigenvalue weighted by molar-refractivity contribution is 5.28. The van der Waals surface area contributed by atoms with E-state index >= 15 is 0 Å². The van der Waals surface area contributed by atoms with Gasteiger partial charge in [-0.25, -0.2) is 4.39 Å². The number of nitrogens with one attached hydrogen (secondary N) is 1. The van der Waals surface area contributed by atoms with Gasteiger partial charge in [0.1, 0.15) is 5.82 Å². The summed E-state index contributed by atoms with van der Waals surface area (Å²) in [4.78, 5) is 4.47. The number of aromatic nitrogens is 1. The van der Waals surface area contributed by atoms with Crippen LogP contribution < -0.4 is 5.32 Å². The van der Waals surface area contributed by atoms with Crippen molar-refractivity contribution in [3.63, 3.8) is 0 Å². The molecule has 0 bridgehead atoms. The average molecular weight is 314 g/mol. The first kappa shape index (κ1) is 16.1. The summed E-state index contributed by atoms with van der Waals surface area (Å²) in [5.74, 6) is -0.189. The van der Waals surface area contributed by atoms with Crippen molar-refractivity contribution in [3.05, 3.63) is 65.2 Å². The molecule has 1 aliphatic rings. The van der Waals surface area contributed by atoms with E-state index in [2.05, 4.69) is 29.4 Å². The van der Waals surface area contributed by atoms with Crippen molar-refractivity contribution < 1.29 is 9.13 Å². The molecule has 0 aliphatic carbocycles. The molecule has 1 N–H and O–H groups in total. The lowest BCUT2D eigenvalue weighted by Gasteiger charge is -2.28. The van der Waals surface area contributed by atoms with Gasteiger partial charge in [0.05, 0.1) is 12.3 Å². The van der Waals surface area contributed by atoms with Gasteiger partial charge >= 0.3 is 0 Å². The standard InChI is InChI=1S/C19H23FN2O/c1-2-15-6-7-18(22-11-15)12-21-13-19(8-9-23-14-19)16-4-3-5-17(20)10-16/h3-7,10-11,21H,2,8-9,12-14H2,1H3. The topological polar surface area (TPSA) is 34.1 Å². The van der Waals surface area contributed by atoms with Crippen LogP contribution in [0.2, 0.25) is 0 Å². The van der Waals surface area contributed by atoms with Gasteiger partial charge in [-0.15, -0.1) is 0 Å². The van der Waals surface area contributed by atoms with E-state index in [-0.39, 0.29) is 11.2 Å². The number of ether oxygens (including phenoxy) is 1. The molecule has 2 aromatic rings. The first-order chi connectivity index (χ1) is 11.2. The number of benzene rings is 1. The molecule has 23 heavy (non-hydrogen) atoms. The smallest absolute Gasteiger partial charge is 0.123 e. The van der Waals surface area contributed by atoms with Crippen LogP contribution in [-0.4, -0.2) is 24.7 Å². The number of aryl methyl sites for hydroxylation is 1. The molecule has 3 nitrogen and oxygen atoms in total. The molecular formula is C19H23FN2O. The van der Waals surface area contributed by atoms with E-state index in [0.29, 0.717) is 13.2 Å². The number of hydrogen-bond donors (Lipinski definition) is 1. The zero-order valence-corrected chi connectivity index (χ0v) is 13.5. The van der Waals surface area contributed by atoms with Gasteiger partial charge in [-0.3, -0.25) is 4.98 Å². The fourth-order valence-corrected chi connectivity index (χ4v) is 3.09. The molecule has 122 valence electrons. The Bertz CT molecular complexity index is 636. The zero-order chi connectivity index (χ0) is 16.1. The summed E-state index contributed by atoms with van der Waals surface area (Å²) in [7, 11) is 0. The molecule has 1 aromatic heterocycles. The van der Waals surface area contributed by atoms with Crippen LogP contribution in [0.25, 0.3) is 0 Å². The third-order valence-electron chi connectivity index (χ3n) is 4.60. The summed E-state index contributed by atoms with van der Waals surface area (Å²) in [5, 5.41) is 3.47. The zero-order valence-electron chi connectivity index (χ0n) is 13.5. The second-order valence-corrected chi connectivity index (χ2v) is 6.21. The van der Waals surface area contributed by atoms with E-state index in [4.69, 9.17) is 4.74 Å². The van der Waals surface area contributed by atoms with Crippen LogP contribution in [0.15, 0.2) is 42.6 Å². The van der Waals surface area contributed by atoms with Gasteiger partial charge in [-0.05, 0) is 42.2 Å². The maximum atomic E-state index is 13.6. The molecular weight excluding hydrogens is 291 g/mol. The fourth-order valence-electron chi connectivity index (χ4n) is 3.09. The van der Waals surface area contributed by atoms with Gasteiger partial charge in [0.15, 0.2) is 0 Å². The van der Waals surface area contributed by atoms with E-state index in [9.17, 15) is 4.39 Å². The molecule has 0 radical (unpaired) electrons. The van der Waals surface area contributed by atoms with Gasteiger partial charge < -0.3 is 10.1 Å². The summed E-state index contributed by atoms with van der Waals surface area (Å²) < 4.78 is 19.2. The molecule has 1 aliphatic heterocycles. The summed E-state index contributed by atoms with van der Waals surface area (Å²) >= 11 is 0. The van der Waals surface area contributed by atoms with Gasteiger partial charge in [0, 0.05) is 31.3 Å². The maximum Gasteiger partial charge on any atom is 0.123 e. The predicted molar refractivity (Wildman–Crippen MR) is 88.8 cm³/mol.